The number of ether oxygens (including phenoxy) is 2. The van der Waals surface area contributed by atoms with Gasteiger partial charge in [0.15, 0.2) is 0 Å². The first-order valence-corrected chi connectivity index (χ1v) is 9.57. The van der Waals surface area contributed by atoms with Crippen molar-refractivity contribution in [2.24, 2.45) is 0 Å². The third-order valence-electron chi connectivity index (χ3n) is 4.86. The first kappa shape index (κ1) is 18.3. The molecule has 0 amide bonds. The molecule has 1 unspecified atom stereocenters. The summed E-state index contributed by atoms with van der Waals surface area (Å²) in [6.45, 7) is 5.44. The Hall–Kier alpha value is -2.09. The minimum Gasteiger partial charge on any atom is -0.379 e. The fourth-order valence-electron chi connectivity index (χ4n) is 3.47. The van der Waals surface area contributed by atoms with Gasteiger partial charge in [0.1, 0.15) is 5.82 Å². The third kappa shape index (κ3) is 4.10. The maximum absolute atomic E-state index is 6.59. The number of benzene rings is 1. The standard InChI is InChI=1S/C19H24ClN5O2/c1-12-7-18(24-19(21)22-12)25-5-2-6-26-11-17(25)15-8-13(3-4-16(15)20)23-14-9-27-10-14/h3-4,7-8,14,17,23H,2,5-6,9-11H2,1H3,(H2,21,22,24). The normalized spacial score (nSPS) is 20.8. The zero-order valence-electron chi connectivity index (χ0n) is 15.3. The van der Waals surface area contributed by atoms with Gasteiger partial charge in [-0.25, -0.2) is 4.98 Å². The molecule has 1 atom stereocenters. The highest BCUT2D eigenvalue weighted by Crippen LogP contribution is 2.35. The van der Waals surface area contributed by atoms with Crippen LogP contribution < -0.4 is 16.0 Å². The molecule has 144 valence electrons. The molecule has 0 radical (unpaired) electrons. The van der Waals surface area contributed by atoms with Crippen LogP contribution >= 0.6 is 11.6 Å². The molecule has 2 fully saturated rings. The molecule has 8 heteroatoms. The summed E-state index contributed by atoms with van der Waals surface area (Å²) in [5.74, 6) is 1.08. The molecule has 0 spiro atoms. The van der Waals surface area contributed by atoms with Crippen molar-refractivity contribution in [3.05, 3.63) is 40.5 Å². The first-order valence-electron chi connectivity index (χ1n) is 9.19. The van der Waals surface area contributed by atoms with Crippen molar-refractivity contribution in [3.8, 4) is 0 Å². The number of hydrogen-bond donors (Lipinski definition) is 2. The highest BCUT2D eigenvalue weighted by Gasteiger charge is 2.27. The van der Waals surface area contributed by atoms with E-state index in [9.17, 15) is 0 Å². The van der Waals surface area contributed by atoms with Gasteiger partial charge in [-0.3, -0.25) is 0 Å². The average molecular weight is 390 g/mol. The van der Waals surface area contributed by atoms with E-state index in [1.165, 1.54) is 0 Å². The summed E-state index contributed by atoms with van der Waals surface area (Å²) in [6.07, 6.45) is 0.911. The Bertz CT molecular complexity index is 794. The molecule has 3 N–H and O–H groups in total. The van der Waals surface area contributed by atoms with Crippen LogP contribution in [-0.2, 0) is 9.47 Å². The van der Waals surface area contributed by atoms with Crippen molar-refractivity contribution in [1.82, 2.24) is 9.97 Å². The molecule has 2 aliphatic heterocycles. The Labute approximate surface area is 163 Å². The van der Waals surface area contributed by atoms with Gasteiger partial charge in [-0.1, -0.05) is 11.6 Å². The number of nitrogens with one attached hydrogen (secondary N) is 1. The fourth-order valence-corrected chi connectivity index (χ4v) is 3.72. The van der Waals surface area contributed by atoms with Crippen LogP contribution in [0.5, 0.6) is 0 Å². The van der Waals surface area contributed by atoms with Crippen LogP contribution in [0.2, 0.25) is 5.02 Å². The van der Waals surface area contributed by atoms with E-state index < -0.39 is 0 Å². The zero-order chi connectivity index (χ0) is 18.8. The second kappa shape index (κ2) is 7.88. The molecule has 0 bridgehead atoms. The highest BCUT2D eigenvalue weighted by molar-refractivity contribution is 6.31. The molecular formula is C19H24ClN5O2. The van der Waals surface area contributed by atoms with Crippen molar-refractivity contribution >= 4 is 29.1 Å². The summed E-state index contributed by atoms with van der Waals surface area (Å²) in [5, 5.41) is 4.20. The number of nitrogen functional groups attached to an aromatic ring is 1. The van der Waals surface area contributed by atoms with Crippen molar-refractivity contribution in [1.29, 1.82) is 0 Å². The molecule has 2 saturated heterocycles. The predicted octanol–water partition coefficient (Wildman–Crippen LogP) is 2.80. The lowest BCUT2D eigenvalue weighted by molar-refractivity contribution is 0.0211. The molecule has 1 aromatic carbocycles. The largest absolute Gasteiger partial charge is 0.379 e. The third-order valence-corrected chi connectivity index (χ3v) is 5.20. The molecule has 27 heavy (non-hydrogen) atoms. The van der Waals surface area contributed by atoms with Crippen LogP contribution in [0.15, 0.2) is 24.3 Å². The number of aryl methyl sites for hydroxylation is 1. The van der Waals surface area contributed by atoms with Crippen LogP contribution in [0.1, 0.15) is 23.7 Å². The summed E-state index contributed by atoms with van der Waals surface area (Å²) >= 11 is 6.59. The van der Waals surface area contributed by atoms with E-state index in [1.54, 1.807) is 0 Å². The molecule has 0 aliphatic carbocycles. The Balaban J connectivity index is 1.68. The molecule has 3 heterocycles. The van der Waals surface area contributed by atoms with Gasteiger partial charge >= 0.3 is 0 Å². The van der Waals surface area contributed by atoms with E-state index in [1.807, 2.05) is 25.1 Å². The molecule has 4 rings (SSSR count). The monoisotopic (exact) mass is 389 g/mol. The maximum atomic E-state index is 6.59. The molecule has 2 aromatic rings. The topological polar surface area (TPSA) is 85.5 Å². The lowest BCUT2D eigenvalue weighted by Gasteiger charge is -2.32. The van der Waals surface area contributed by atoms with E-state index in [2.05, 4.69) is 26.3 Å². The summed E-state index contributed by atoms with van der Waals surface area (Å²) in [5.41, 5.74) is 8.78. The summed E-state index contributed by atoms with van der Waals surface area (Å²) in [6, 6.07) is 8.29. The minimum absolute atomic E-state index is 0.0481. The van der Waals surface area contributed by atoms with Gasteiger partial charge in [0.05, 0.1) is 31.9 Å². The number of halogens is 1. The molecule has 2 aliphatic rings. The SMILES string of the molecule is Cc1cc(N2CCCOCC2c2cc(NC3COC3)ccc2Cl)nc(N)n1. The van der Waals surface area contributed by atoms with Gasteiger partial charge in [-0.15, -0.1) is 0 Å². The van der Waals surface area contributed by atoms with Crippen molar-refractivity contribution in [3.63, 3.8) is 0 Å². The van der Waals surface area contributed by atoms with Crippen LogP contribution in [0.4, 0.5) is 17.5 Å². The summed E-state index contributed by atoms with van der Waals surface area (Å²) in [7, 11) is 0. The van der Waals surface area contributed by atoms with E-state index in [4.69, 9.17) is 26.8 Å². The predicted molar refractivity (Wildman–Crippen MR) is 106 cm³/mol. The highest BCUT2D eigenvalue weighted by atomic mass is 35.5. The lowest BCUT2D eigenvalue weighted by atomic mass is 10.0. The second-order valence-corrected chi connectivity index (χ2v) is 7.39. The lowest BCUT2D eigenvalue weighted by Crippen LogP contribution is -2.40. The Morgan fingerprint density at radius 2 is 2.04 bits per heavy atom. The fraction of sp³-hybridized carbons (Fsp3) is 0.474. The van der Waals surface area contributed by atoms with E-state index in [-0.39, 0.29) is 12.0 Å². The Kier molecular flexibility index (Phi) is 5.33. The smallest absolute Gasteiger partial charge is 0.222 e. The van der Waals surface area contributed by atoms with Gasteiger partial charge in [0.2, 0.25) is 5.95 Å². The Morgan fingerprint density at radius 1 is 1.19 bits per heavy atom. The minimum atomic E-state index is -0.0481. The van der Waals surface area contributed by atoms with Crippen LogP contribution in [0, 0.1) is 6.92 Å². The van der Waals surface area contributed by atoms with Crippen LogP contribution in [-0.4, -0.2) is 49.0 Å². The van der Waals surface area contributed by atoms with Crippen molar-refractivity contribution in [2.75, 3.05) is 48.9 Å². The van der Waals surface area contributed by atoms with E-state index in [0.29, 0.717) is 24.3 Å². The molecule has 0 saturated carbocycles. The molecular weight excluding hydrogens is 366 g/mol. The van der Waals surface area contributed by atoms with Gasteiger partial charge in [0, 0.05) is 35.6 Å². The average Bonchev–Trinajstić information content (AvgIpc) is 2.84. The van der Waals surface area contributed by atoms with E-state index in [0.717, 1.165) is 48.9 Å². The quantitative estimate of drug-likeness (QED) is 0.831. The zero-order valence-corrected chi connectivity index (χ0v) is 16.1. The number of aromatic nitrogens is 2. The van der Waals surface area contributed by atoms with Gasteiger partial charge in [-0.05, 0) is 37.1 Å². The van der Waals surface area contributed by atoms with E-state index >= 15 is 0 Å². The number of anilines is 3. The maximum Gasteiger partial charge on any atom is 0.222 e. The van der Waals surface area contributed by atoms with Gasteiger partial charge < -0.3 is 25.4 Å². The van der Waals surface area contributed by atoms with Crippen molar-refractivity contribution in [2.45, 2.75) is 25.4 Å². The summed E-state index contributed by atoms with van der Waals surface area (Å²) in [4.78, 5) is 10.9. The number of nitrogens with zero attached hydrogens (tertiary/aromatic N) is 3. The molecule has 7 nitrogen and oxygen atoms in total. The van der Waals surface area contributed by atoms with Gasteiger partial charge in [-0.2, -0.15) is 4.98 Å². The Morgan fingerprint density at radius 3 is 2.78 bits per heavy atom. The molecule has 1 aromatic heterocycles. The van der Waals surface area contributed by atoms with Crippen LogP contribution in [0.25, 0.3) is 0 Å². The van der Waals surface area contributed by atoms with Crippen molar-refractivity contribution < 1.29 is 9.47 Å². The number of rotatable bonds is 4. The van der Waals surface area contributed by atoms with Crippen LogP contribution in [0.3, 0.4) is 0 Å². The van der Waals surface area contributed by atoms with Gasteiger partial charge in [0.25, 0.3) is 0 Å². The second-order valence-electron chi connectivity index (χ2n) is 6.98. The summed E-state index contributed by atoms with van der Waals surface area (Å²) < 4.78 is 11.1. The number of hydrogen-bond acceptors (Lipinski definition) is 7. The number of nitrogens with two attached hydrogens (primary N) is 1. The first-order chi connectivity index (χ1) is 13.1.